The number of nitrogens with zero attached hydrogens (tertiary/aromatic N) is 4. The van der Waals surface area contributed by atoms with Crippen LogP contribution in [0, 0.1) is 4.91 Å². The van der Waals surface area contributed by atoms with Crippen LogP contribution < -0.4 is 29.9 Å². The van der Waals surface area contributed by atoms with Crippen molar-refractivity contribution in [1.29, 1.82) is 0 Å². The van der Waals surface area contributed by atoms with E-state index < -0.39 is 15.9 Å². The smallest absolute Gasteiger partial charge is 0.264 e. The maximum absolute atomic E-state index is 13.6. The van der Waals surface area contributed by atoms with Crippen LogP contribution in [0.3, 0.4) is 0 Å². The fourth-order valence-corrected chi connectivity index (χ4v) is 10.8. The number of nitrogens with one attached hydrogen (secondary N) is 3. The number of hydrogen-bond donors (Lipinski definition) is 3. The minimum Gasteiger partial charge on any atom is -0.494 e. The van der Waals surface area contributed by atoms with E-state index in [1.165, 1.54) is 18.2 Å². The summed E-state index contributed by atoms with van der Waals surface area (Å²) in [6, 6.07) is 34.8. The van der Waals surface area contributed by atoms with Crippen LogP contribution in [0.5, 0.6) is 5.75 Å². The molecule has 1 aliphatic carbocycles. The summed E-state index contributed by atoms with van der Waals surface area (Å²) in [5.41, 5.74) is 5.37. The van der Waals surface area contributed by atoms with Gasteiger partial charge in [0.1, 0.15) is 11.4 Å². The number of morpholine rings is 1. The fraction of sp³-hybridized carbons (Fsp3) is 0.360. The normalized spacial score (nSPS) is 17.0. The molecule has 2 heterocycles. The van der Waals surface area contributed by atoms with Crippen LogP contribution in [0.1, 0.15) is 53.6 Å². The molecule has 2 atom stereocenters. The molecule has 5 aromatic rings. The van der Waals surface area contributed by atoms with Crippen molar-refractivity contribution in [2.24, 2.45) is 5.18 Å². The highest BCUT2D eigenvalue weighted by Gasteiger charge is 2.31. The van der Waals surface area contributed by atoms with Crippen molar-refractivity contribution in [3.05, 3.63) is 137 Å². The number of para-hydroxylation sites is 1. The Kier molecular flexibility index (Phi) is 15.6. The standard InChI is InChI=1S/C50H57N7O7S2/c1-2-64-48-33-40(32-45-43(48)14-9-15-44(45)50(59)52-37-10-5-3-6-11-37)57-26-24-56(25-27-57)39-18-16-36(17-19-39)49(58)54-66(61,62)42-20-21-46(47(34-42)53-60)51-38(22-23-55-28-30-63-31-29-55)35-65-41-12-7-4-8-13-41/h3-8,10-13,16-21,32-34,38,44,51H,2,9,14-15,22-31,35H2,1H3,(H,52,59)(H,54,58)/t38-,44?/m1/s1. The predicted molar refractivity (Wildman–Crippen MR) is 262 cm³/mol. The van der Waals surface area contributed by atoms with Gasteiger partial charge >= 0.3 is 0 Å². The number of hydrogen-bond acceptors (Lipinski definition) is 13. The Hall–Kier alpha value is -5.94. The Labute approximate surface area is 391 Å². The minimum absolute atomic E-state index is 0.0126. The molecule has 0 bridgehead atoms. The molecule has 0 radical (unpaired) electrons. The highest BCUT2D eigenvalue weighted by molar-refractivity contribution is 7.99. The molecular formula is C50H57N7O7S2. The monoisotopic (exact) mass is 931 g/mol. The maximum Gasteiger partial charge on any atom is 0.264 e. The lowest BCUT2D eigenvalue weighted by Gasteiger charge is -2.38. The van der Waals surface area contributed by atoms with Crippen molar-refractivity contribution >= 4 is 62.0 Å². The number of thioether (sulfide) groups is 1. The largest absolute Gasteiger partial charge is 0.494 e. The number of rotatable bonds is 18. The molecule has 0 aromatic heterocycles. The minimum atomic E-state index is -4.35. The Balaban J connectivity index is 0.885. The van der Waals surface area contributed by atoms with E-state index in [0.29, 0.717) is 44.4 Å². The number of amides is 2. The third-order valence-corrected chi connectivity index (χ3v) is 14.9. The molecule has 0 spiro atoms. The Morgan fingerprint density at radius 2 is 1.55 bits per heavy atom. The Morgan fingerprint density at radius 1 is 0.848 bits per heavy atom. The zero-order valence-electron chi connectivity index (χ0n) is 37.2. The highest BCUT2D eigenvalue weighted by Crippen LogP contribution is 2.41. The van der Waals surface area contributed by atoms with Gasteiger partial charge in [-0.15, -0.1) is 16.7 Å². The molecule has 2 saturated heterocycles. The quantitative estimate of drug-likeness (QED) is 0.0571. The number of ether oxygens (including phenoxy) is 2. The number of carbonyl (C=O) groups excluding carboxylic acids is 2. The molecule has 3 aliphatic rings. The second-order valence-electron chi connectivity index (χ2n) is 16.7. The van der Waals surface area contributed by atoms with Crippen molar-refractivity contribution in [1.82, 2.24) is 9.62 Å². The van der Waals surface area contributed by atoms with Gasteiger partial charge in [0.05, 0.1) is 36.3 Å². The van der Waals surface area contributed by atoms with Gasteiger partial charge in [0.25, 0.3) is 15.9 Å². The van der Waals surface area contributed by atoms with E-state index in [4.69, 9.17) is 9.47 Å². The molecule has 66 heavy (non-hydrogen) atoms. The molecule has 16 heteroatoms. The second-order valence-corrected chi connectivity index (χ2v) is 19.5. The van der Waals surface area contributed by atoms with Crippen molar-refractivity contribution in [3.8, 4) is 5.75 Å². The first-order valence-corrected chi connectivity index (χ1v) is 25.2. The summed E-state index contributed by atoms with van der Waals surface area (Å²) >= 11 is 1.70. The molecule has 2 fully saturated rings. The van der Waals surface area contributed by atoms with Gasteiger partial charge in [-0.05, 0) is 122 Å². The molecule has 5 aromatic carbocycles. The van der Waals surface area contributed by atoms with E-state index in [-0.39, 0.29) is 34.0 Å². The molecule has 1 unspecified atom stereocenters. The van der Waals surface area contributed by atoms with Gasteiger partial charge in [0.2, 0.25) is 5.91 Å². The number of anilines is 4. The van der Waals surface area contributed by atoms with Crippen molar-refractivity contribution in [2.75, 3.05) is 91.8 Å². The van der Waals surface area contributed by atoms with Crippen LogP contribution in [0.2, 0.25) is 0 Å². The zero-order valence-corrected chi connectivity index (χ0v) is 38.8. The molecule has 0 saturated carbocycles. The van der Waals surface area contributed by atoms with Crippen molar-refractivity contribution < 1.29 is 27.5 Å². The topological polar surface area (TPSA) is 162 Å². The number of carbonyl (C=O) groups is 2. The fourth-order valence-electron chi connectivity index (χ4n) is 8.82. The van der Waals surface area contributed by atoms with Gasteiger partial charge in [0.15, 0.2) is 0 Å². The lowest BCUT2D eigenvalue weighted by Crippen LogP contribution is -2.46. The summed E-state index contributed by atoms with van der Waals surface area (Å²) in [4.78, 5) is 46.8. The predicted octanol–water partition coefficient (Wildman–Crippen LogP) is 8.28. The molecule has 14 nitrogen and oxygen atoms in total. The second kappa shape index (κ2) is 22.0. The lowest BCUT2D eigenvalue weighted by atomic mass is 9.81. The molecule has 8 rings (SSSR count). The molecule has 2 amide bonds. The molecule has 346 valence electrons. The van der Waals surface area contributed by atoms with Gasteiger partial charge in [-0.2, -0.15) is 0 Å². The summed E-state index contributed by atoms with van der Waals surface area (Å²) in [6.07, 6.45) is 3.33. The first-order valence-electron chi connectivity index (χ1n) is 22.7. The van der Waals surface area contributed by atoms with E-state index in [9.17, 15) is 22.9 Å². The van der Waals surface area contributed by atoms with Crippen LogP contribution in [-0.2, 0) is 26.0 Å². The Bertz CT molecular complexity index is 2550. The number of fused-ring (bicyclic) bond motifs is 1. The van der Waals surface area contributed by atoms with Crippen LogP contribution in [0.25, 0.3) is 0 Å². The Morgan fingerprint density at radius 3 is 2.24 bits per heavy atom. The summed E-state index contributed by atoms with van der Waals surface area (Å²) in [7, 11) is -4.35. The third-order valence-electron chi connectivity index (χ3n) is 12.4. The maximum atomic E-state index is 13.6. The average Bonchev–Trinajstić information content (AvgIpc) is 3.35. The van der Waals surface area contributed by atoms with E-state index in [0.717, 1.165) is 97.2 Å². The highest BCUT2D eigenvalue weighted by atomic mass is 32.2. The summed E-state index contributed by atoms with van der Waals surface area (Å²) in [5, 5.41) is 9.74. The summed E-state index contributed by atoms with van der Waals surface area (Å²) in [5.74, 6) is 0.466. The lowest BCUT2D eigenvalue weighted by molar-refractivity contribution is -0.117. The van der Waals surface area contributed by atoms with E-state index in [1.54, 1.807) is 23.9 Å². The first-order chi connectivity index (χ1) is 32.2. The third kappa shape index (κ3) is 11.7. The van der Waals surface area contributed by atoms with Crippen molar-refractivity contribution in [3.63, 3.8) is 0 Å². The van der Waals surface area contributed by atoms with Crippen LogP contribution in [0.4, 0.5) is 28.4 Å². The number of nitroso groups, excluding NO2 is 1. The summed E-state index contributed by atoms with van der Waals surface area (Å²) < 4.78 is 40.9. The van der Waals surface area contributed by atoms with Crippen LogP contribution in [-0.4, -0.2) is 103 Å². The van der Waals surface area contributed by atoms with Gasteiger partial charge in [0, 0.05) is 91.2 Å². The van der Waals surface area contributed by atoms with E-state index >= 15 is 0 Å². The van der Waals surface area contributed by atoms with Gasteiger partial charge in [-0.1, -0.05) is 36.4 Å². The van der Waals surface area contributed by atoms with Gasteiger partial charge in [-0.25, -0.2) is 13.1 Å². The van der Waals surface area contributed by atoms with Crippen LogP contribution >= 0.6 is 11.8 Å². The number of sulfonamides is 1. The number of benzene rings is 5. The van der Waals surface area contributed by atoms with Crippen LogP contribution in [0.15, 0.2) is 130 Å². The van der Waals surface area contributed by atoms with Gasteiger partial charge in [-0.3, -0.25) is 14.5 Å². The van der Waals surface area contributed by atoms with E-state index in [2.05, 4.69) is 59.5 Å². The van der Waals surface area contributed by atoms with Gasteiger partial charge < -0.3 is 29.9 Å². The zero-order chi connectivity index (χ0) is 45.9. The number of piperazine rings is 1. The van der Waals surface area contributed by atoms with Crippen molar-refractivity contribution in [2.45, 2.75) is 54.4 Å². The molecule has 2 aliphatic heterocycles. The molecule has 3 N–H and O–H groups in total. The molecular weight excluding hydrogens is 875 g/mol. The average molecular weight is 932 g/mol. The summed E-state index contributed by atoms with van der Waals surface area (Å²) in [6.45, 7) is 9.30. The van der Waals surface area contributed by atoms with E-state index in [1.807, 2.05) is 67.6 Å². The first kappa shape index (κ1) is 46.6. The SMILES string of the molecule is CCOc1cc(N2CCN(c3ccc(C(=O)NS(=O)(=O)c4ccc(N[C@H](CCN5CCOCC5)CSc5ccccc5)c(N=O)c4)cc3)CC2)cc2c1CCCC2C(=O)Nc1ccccc1.